The molecule has 19 heavy (non-hydrogen) atoms. The second-order valence-corrected chi connectivity index (χ2v) is 4.57. The molecule has 0 radical (unpaired) electrons. The third kappa shape index (κ3) is 4.71. The van der Waals surface area contributed by atoms with Gasteiger partial charge in [-0.2, -0.15) is 13.2 Å². The van der Waals surface area contributed by atoms with Crippen molar-refractivity contribution >= 4 is 17.7 Å². The van der Waals surface area contributed by atoms with E-state index in [9.17, 15) is 18.0 Å². The summed E-state index contributed by atoms with van der Waals surface area (Å²) < 4.78 is 37.1. The van der Waals surface area contributed by atoms with Crippen LogP contribution in [0.25, 0.3) is 0 Å². The quantitative estimate of drug-likeness (QED) is 0.845. The van der Waals surface area contributed by atoms with Crippen LogP contribution in [-0.2, 0) is 0 Å². The molecule has 1 N–H and O–H groups in total. The summed E-state index contributed by atoms with van der Waals surface area (Å²) in [6, 6.07) is 2.70. The van der Waals surface area contributed by atoms with Gasteiger partial charge < -0.3 is 10.0 Å². The zero-order valence-corrected chi connectivity index (χ0v) is 11.0. The standard InChI is InChI=1S/C11H13F3N2O2S/c1-2-16(6-7-17)10(18)8-4-3-5-15-9(8)19-11(12,13)14/h3-5,17H,2,6-7H2,1H3. The molecule has 0 fully saturated rings. The Morgan fingerprint density at radius 3 is 2.74 bits per heavy atom. The molecule has 0 aliphatic carbocycles. The number of rotatable bonds is 5. The van der Waals surface area contributed by atoms with Crippen LogP contribution in [0, 0.1) is 0 Å². The zero-order chi connectivity index (χ0) is 14.5. The molecule has 0 unspecified atom stereocenters. The lowest BCUT2D eigenvalue weighted by Gasteiger charge is -2.20. The van der Waals surface area contributed by atoms with Gasteiger partial charge in [0.15, 0.2) is 0 Å². The molecule has 1 aromatic heterocycles. The van der Waals surface area contributed by atoms with Crippen molar-refractivity contribution in [2.75, 3.05) is 19.7 Å². The van der Waals surface area contributed by atoms with Crippen LogP contribution >= 0.6 is 11.8 Å². The highest BCUT2D eigenvalue weighted by Gasteiger charge is 2.32. The summed E-state index contributed by atoms with van der Waals surface area (Å²) in [5.41, 5.74) is -4.61. The molecule has 0 bridgehead atoms. The molecule has 0 aliphatic heterocycles. The van der Waals surface area contributed by atoms with Crippen LogP contribution in [0.2, 0.25) is 0 Å². The topological polar surface area (TPSA) is 53.4 Å². The van der Waals surface area contributed by atoms with E-state index < -0.39 is 23.2 Å². The van der Waals surface area contributed by atoms with Crippen molar-refractivity contribution in [3.8, 4) is 0 Å². The number of hydrogen-bond donors (Lipinski definition) is 1. The number of aliphatic hydroxyl groups is 1. The number of pyridine rings is 1. The van der Waals surface area contributed by atoms with Gasteiger partial charge in [0.2, 0.25) is 0 Å². The van der Waals surface area contributed by atoms with Gasteiger partial charge >= 0.3 is 5.51 Å². The maximum Gasteiger partial charge on any atom is 0.447 e. The van der Waals surface area contributed by atoms with Gasteiger partial charge in [-0.25, -0.2) is 4.98 Å². The van der Waals surface area contributed by atoms with E-state index in [-0.39, 0.29) is 23.7 Å². The molecule has 0 atom stereocenters. The lowest BCUT2D eigenvalue weighted by Crippen LogP contribution is -2.33. The molecule has 0 aliphatic rings. The van der Waals surface area contributed by atoms with Crippen molar-refractivity contribution in [3.05, 3.63) is 23.9 Å². The van der Waals surface area contributed by atoms with E-state index in [1.165, 1.54) is 23.2 Å². The molecule has 0 aromatic carbocycles. The maximum atomic E-state index is 12.4. The first kappa shape index (κ1) is 15.8. The van der Waals surface area contributed by atoms with Gasteiger partial charge in [0, 0.05) is 31.0 Å². The summed E-state index contributed by atoms with van der Waals surface area (Å²) in [6.07, 6.45) is 1.20. The second-order valence-electron chi connectivity index (χ2n) is 3.51. The minimum absolute atomic E-state index is 0.0698. The van der Waals surface area contributed by atoms with Gasteiger partial charge in [0.1, 0.15) is 5.03 Å². The number of aliphatic hydroxyl groups excluding tert-OH is 1. The SMILES string of the molecule is CCN(CCO)C(=O)c1cccnc1SC(F)(F)F. The smallest absolute Gasteiger partial charge is 0.395 e. The number of alkyl halides is 3. The molecular formula is C11H13F3N2O2S. The fourth-order valence-corrected chi connectivity index (χ4v) is 2.04. The second kappa shape index (κ2) is 6.76. The van der Waals surface area contributed by atoms with Crippen molar-refractivity contribution in [2.45, 2.75) is 17.5 Å². The molecule has 1 amide bonds. The van der Waals surface area contributed by atoms with Crippen LogP contribution in [0.4, 0.5) is 13.2 Å². The molecule has 1 rings (SSSR count). The van der Waals surface area contributed by atoms with E-state index in [0.29, 0.717) is 6.54 Å². The lowest BCUT2D eigenvalue weighted by molar-refractivity contribution is -0.0329. The summed E-state index contributed by atoms with van der Waals surface area (Å²) in [6.45, 7) is 1.80. The number of aromatic nitrogens is 1. The highest BCUT2D eigenvalue weighted by atomic mass is 32.2. The number of halogens is 3. The molecule has 1 heterocycles. The van der Waals surface area contributed by atoms with Gasteiger partial charge in [-0.05, 0) is 19.1 Å². The van der Waals surface area contributed by atoms with E-state index in [1.807, 2.05) is 0 Å². The average molecular weight is 294 g/mol. The van der Waals surface area contributed by atoms with Gasteiger partial charge in [0.05, 0.1) is 12.2 Å². The summed E-state index contributed by atoms with van der Waals surface area (Å²) >= 11 is -0.419. The summed E-state index contributed by atoms with van der Waals surface area (Å²) in [7, 11) is 0. The van der Waals surface area contributed by atoms with Gasteiger partial charge in [0.25, 0.3) is 5.91 Å². The Labute approximate surface area is 112 Å². The molecule has 0 spiro atoms. The summed E-state index contributed by atoms with van der Waals surface area (Å²) in [5.74, 6) is -0.573. The molecule has 106 valence electrons. The van der Waals surface area contributed by atoms with Crippen molar-refractivity contribution in [2.24, 2.45) is 0 Å². The number of amides is 1. The maximum absolute atomic E-state index is 12.4. The van der Waals surface area contributed by atoms with Gasteiger partial charge in [-0.3, -0.25) is 4.79 Å². The Morgan fingerprint density at radius 1 is 1.53 bits per heavy atom. The monoisotopic (exact) mass is 294 g/mol. The fraction of sp³-hybridized carbons (Fsp3) is 0.455. The molecular weight excluding hydrogens is 281 g/mol. The predicted molar refractivity (Wildman–Crippen MR) is 64.8 cm³/mol. The third-order valence-corrected chi connectivity index (χ3v) is 3.00. The van der Waals surface area contributed by atoms with Crippen molar-refractivity contribution in [1.82, 2.24) is 9.88 Å². The van der Waals surface area contributed by atoms with Crippen LogP contribution in [0.3, 0.4) is 0 Å². The first-order valence-corrected chi connectivity index (χ1v) is 6.31. The number of hydrogen-bond acceptors (Lipinski definition) is 4. The minimum atomic E-state index is -4.50. The van der Waals surface area contributed by atoms with Crippen LogP contribution < -0.4 is 0 Å². The molecule has 1 aromatic rings. The first-order valence-electron chi connectivity index (χ1n) is 5.50. The predicted octanol–water partition coefficient (Wildman–Crippen LogP) is 2.15. The van der Waals surface area contributed by atoms with Crippen molar-refractivity contribution < 1.29 is 23.1 Å². The Kier molecular flexibility index (Phi) is 5.61. The Morgan fingerprint density at radius 2 is 2.21 bits per heavy atom. The highest BCUT2D eigenvalue weighted by molar-refractivity contribution is 8.00. The van der Waals surface area contributed by atoms with Crippen LogP contribution in [-0.4, -0.2) is 46.1 Å². The van der Waals surface area contributed by atoms with E-state index in [2.05, 4.69) is 4.98 Å². The van der Waals surface area contributed by atoms with Crippen LogP contribution in [0.1, 0.15) is 17.3 Å². The van der Waals surface area contributed by atoms with Gasteiger partial charge in [-0.15, -0.1) is 0 Å². The zero-order valence-electron chi connectivity index (χ0n) is 10.1. The van der Waals surface area contributed by atoms with Gasteiger partial charge in [-0.1, -0.05) is 0 Å². The molecule has 0 saturated carbocycles. The number of nitrogens with zero attached hydrogens (tertiary/aromatic N) is 2. The van der Waals surface area contributed by atoms with E-state index in [1.54, 1.807) is 6.92 Å². The van der Waals surface area contributed by atoms with Crippen molar-refractivity contribution in [3.63, 3.8) is 0 Å². The van der Waals surface area contributed by atoms with Crippen molar-refractivity contribution in [1.29, 1.82) is 0 Å². The first-order chi connectivity index (χ1) is 8.89. The third-order valence-electron chi connectivity index (χ3n) is 2.25. The highest BCUT2D eigenvalue weighted by Crippen LogP contribution is 2.37. The number of thioether (sulfide) groups is 1. The van der Waals surface area contributed by atoms with E-state index >= 15 is 0 Å². The number of carbonyl (C=O) groups excluding carboxylic acids is 1. The van der Waals surface area contributed by atoms with Crippen LogP contribution in [0.5, 0.6) is 0 Å². The fourth-order valence-electron chi connectivity index (χ4n) is 1.44. The number of carbonyl (C=O) groups is 1. The van der Waals surface area contributed by atoms with E-state index in [4.69, 9.17) is 5.11 Å². The Bertz CT molecular complexity index is 440. The molecule has 4 nitrogen and oxygen atoms in total. The largest absolute Gasteiger partial charge is 0.447 e. The minimum Gasteiger partial charge on any atom is -0.395 e. The summed E-state index contributed by atoms with van der Waals surface area (Å²) in [5, 5.41) is 8.45. The number of likely N-dealkylation sites (N-methyl/N-ethyl adjacent to an activating group) is 1. The average Bonchev–Trinajstić information content (AvgIpc) is 2.34. The molecule has 8 heteroatoms. The van der Waals surface area contributed by atoms with E-state index in [0.717, 1.165) is 0 Å². The molecule has 0 saturated heterocycles. The summed E-state index contributed by atoms with van der Waals surface area (Å²) in [4.78, 5) is 16.9. The Balaban J connectivity index is 3.02. The van der Waals surface area contributed by atoms with Crippen LogP contribution in [0.15, 0.2) is 23.4 Å². The Hall–Kier alpha value is -1.28. The lowest BCUT2D eigenvalue weighted by atomic mass is 10.2. The normalized spacial score (nSPS) is 11.4.